The zero-order valence-corrected chi connectivity index (χ0v) is 17.1. The van der Waals surface area contributed by atoms with E-state index in [4.69, 9.17) is 17.0 Å². The van der Waals surface area contributed by atoms with Crippen LogP contribution in [-0.4, -0.2) is 34.2 Å². The maximum atomic E-state index is 12.6. The van der Waals surface area contributed by atoms with Crippen molar-refractivity contribution in [2.24, 2.45) is 0 Å². The highest BCUT2D eigenvalue weighted by atomic mass is 32.2. The number of anilines is 1. The molecule has 1 saturated heterocycles. The van der Waals surface area contributed by atoms with Gasteiger partial charge >= 0.3 is 0 Å². The number of thioether (sulfide) groups is 1. The van der Waals surface area contributed by atoms with Crippen LogP contribution in [0.2, 0.25) is 0 Å². The maximum absolute atomic E-state index is 12.6. The quantitative estimate of drug-likeness (QED) is 0.534. The first-order valence-corrected chi connectivity index (χ1v) is 10.5. The van der Waals surface area contributed by atoms with Gasteiger partial charge in [-0.15, -0.1) is 11.3 Å². The molecule has 1 fully saturated rings. The van der Waals surface area contributed by atoms with Crippen LogP contribution in [0.15, 0.2) is 46.7 Å². The van der Waals surface area contributed by atoms with Gasteiger partial charge in [-0.3, -0.25) is 14.5 Å². The number of benzene rings is 1. The SMILES string of the molecule is CCOc1ccccc1NC(=O)CCN1C(=O)/C(=C\c2cccs2)SC1=S. The van der Waals surface area contributed by atoms with Gasteiger partial charge in [0.05, 0.1) is 17.2 Å². The molecule has 3 rings (SSSR count). The number of hydrogen-bond acceptors (Lipinski definition) is 6. The number of thiocarbonyl (C=S) groups is 1. The van der Waals surface area contributed by atoms with Gasteiger partial charge in [-0.05, 0) is 36.6 Å². The second kappa shape index (κ2) is 9.16. The third-order valence-electron chi connectivity index (χ3n) is 3.71. The largest absolute Gasteiger partial charge is 0.492 e. The highest BCUT2D eigenvalue weighted by molar-refractivity contribution is 8.26. The fourth-order valence-corrected chi connectivity index (χ4v) is 4.50. The first-order chi connectivity index (χ1) is 13.1. The number of amides is 2. The molecule has 1 aliphatic rings. The molecule has 0 spiro atoms. The Hall–Kier alpha value is -2.16. The van der Waals surface area contributed by atoms with Crippen molar-refractivity contribution in [2.45, 2.75) is 13.3 Å². The summed E-state index contributed by atoms with van der Waals surface area (Å²) in [6, 6.07) is 11.1. The molecule has 1 aromatic carbocycles. The molecule has 8 heteroatoms. The average molecular weight is 419 g/mol. The Bertz CT molecular complexity index is 878. The molecule has 2 amide bonds. The van der Waals surface area contributed by atoms with E-state index in [0.717, 1.165) is 4.88 Å². The molecular weight excluding hydrogens is 400 g/mol. The molecule has 0 radical (unpaired) electrons. The molecule has 1 aromatic heterocycles. The zero-order chi connectivity index (χ0) is 19.2. The molecule has 1 aliphatic heterocycles. The molecule has 0 bridgehead atoms. The van der Waals surface area contributed by atoms with Crippen molar-refractivity contribution >= 4 is 63.2 Å². The van der Waals surface area contributed by atoms with E-state index in [9.17, 15) is 9.59 Å². The average Bonchev–Trinajstić information content (AvgIpc) is 3.24. The topological polar surface area (TPSA) is 58.6 Å². The summed E-state index contributed by atoms with van der Waals surface area (Å²) >= 11 is 8.13. The van der Waals surface area contributed by atoms with Gasteiger partial charge in [0.2, 0.25) is 5.91 Å². The van der Waals surface area contributed by atoms with Crippen LogP contribution in [0.1, 0.15) is 18.2 Å². The van der Waals surface area contributed by atoms with Crippen LogP contribution in [0.25, 0.3) is 6.08 Å². The Kier molecular flexibility index (Phi) is 6.65. The Labute approximate surface area is 171 Å². The lowest BCUT2D eigenvalue weighted by Gasteiger charge is -2.15. The van der Waals surface area contributed by atoms with Crippen LogP contribution < -0.4 is 10.1 Å². The second-order valence-corrected chi connectivity index (χ2v) is 8.23. The summed E-state index contributed by atoms with van der Waals surface area (Å²) in [5.74, 6) is 0.275. The number of nitrogens with one attached hydrogen (secondary N) is 1. The fourth-order valence-electron chi connectivity index (χ4n) is 2.47. The zero-order valence-electron chi connectivity index (χ0n) is 14.6. The van der Waals surface area contributed by atoms with Gasteiger partial charge in [-0.1, -0.05) is 42.2 Å². The van der Waals surface area contributed by atoms with Gasteiger partial charge in [-0.25, -0.2) is 0 Å². The van der Waals surface area contributed by atoms with Gasteiger partial charge < -0.3 is 10.1 Å². The summed E-state index contributed by atoms with van der Waals surface area (Å²) in [5, 5.41) is 4.79. The minimum absolute atomic E-state index is 0.152. The van der Waals surface area contributed by atoms with Crippen molar-refractivity contribution in [3.8, 4) is 5.75 Å². The van der Waals surface area contributed by atoms with Crippen molar-refractivity contribution < 1.29 is 14.3 Å². The molecule has 0 atom stereocenters. The summed E-state index contributed by atoms with van der Waals surface area (Å²) in [4.78, 5) is 27.9. The summed E-state index contributed by atoms with van der Waals surface area (Å²) in [6.07, 6.45) is 1.99. The van der Waals surface area contributed by atoms with E-state index in [1.54, 1.807) is 23.5 Å². The second-order valence-electron chi connectivity index (χ2n) is 5.58. The Morgan fingerprint density at radius 3 is 2.85 bits per heavy atom. The first-order valence-electron chi connectivity index (χ1n) is 8.39. The number of carbonyl (C=O) groups is 2. The molecule has 2 aromatic rings. The van der Waals surface area contributed by atoms with Crippen molar-refractivity contribution in [2.75, 3.05) is 18.5 Å². The number of thiophene rings is 1. The molecule has 5 nitrogen and oxygen atoms in total. The van der Waals surface area contributed by atoms with Gasteiger partial charge in [-0.2, -0.15) is 0 Å². The molecule has 0 aliphatic carbocycles. The Balaban J connectivity index is 1.59. The van der Waals surface area contributed by atoms with Gasteiger partial charge in [0, 0.05) is 17.8 Å². The smallest absolute Gasteiger partial charge is 0.266 e. The number of carbonyl (C=O) groups excluding carboxylic acids is 2. The van der Waals surface area contributed by atoms with Crippen LogP contribution >= 0.6 is 35.3 Å². The number of hydrogen-bond donors (Lipinski definition) is 1. The number of para-hydroxylation sites is 2. The number of rotatable bonds is 7. The molecule has 0 unspecified atom stereocenters. The highest BCUT2D eigenvalue weighted by Crippen LogP contribution is 2.33. The molecule has 2 heterocycles. The Morgan fingerprint density at radius 1 is 1.30 bits per heavy atom. The lowest BCUT2D eigenvalue weighted by atomic mass is 10.2. The maximum Gasteiger partial charge on any atom is 0.266 e. The molecular formula is C19H18N2O3S3. The first kappa shape index (κ1) is 19.6. The fraction of sp³-hybridized carbons (Fsp3) is 0.211. The third-order valence-corrected chi connectivity index (χ3v) is 5.91. The van der Waals surface area contributed by atoms with E-state index in [0.29, 0.717) is 27.3 Å². The highest BCUT2D eigenvalue weighted by Gasteiger charge is 2.32. The van der Waals surface area contributed by atoms with Crippen LogP contribution in [-0.2, 0) is 9.59 Å². The number of ether oxygens (including phenoxy) is 1. The minimum Gasteiger partial charge on any atom is -0.492 e. The van der Waals surface area contributed by atoms with Crippen molar-refractivity contribution in [1.82, 2.24) is 4.90 Å². The van der Waals surface area contributed by atoms with E-state index in [1.807, 2.05) is 42.6 Å². The van der Waals surface area contributed by atoms with Gasteiger partial charge in [0.15, 0.2) is 0 Å². The predicted octanol–water partition coefficient (Wildman–Crippen LogP) is 4.38. The van der Waals surface area contributed by atoms with Gasteiger partial charge in [0.1, 0.15) is 10.1 Å². The molecule has 27 heavy (non-hydrogen) atoms. The van der Waals surface area contributed by atoms with Crippen molar-refractivity contribution in [1.29, 1.82) is 0 Å². The van der Waals surface area contributed by atoms with Crippen LogP contribution in [0, 0.1) is 0 Å². The molecule has 1 N–H and O–H groups in total. The van der Waals surface area contributed by atoms with E-state index in [1.165, 1.54) is 16.7 Å². The van der Waals surface area contributed by atoms with Crippen molar-refractivity contribution in [3.63, 3.8) is 0 Å². The van der Waals surface area contributed by atoms with Gasteiger partial charge in [0.25, 0.3) is 5.91 Å². The van der Waals surface area contributed by atoms with Crippen molar-refractivity contribution in [3.05, 3.63) is 51.6 Å². The van der Waals surface area contributed by atoms with E-state index in [-0.39, 0.29) is 24.8 Å². The lowest BCUT2D eigenvalue weighted by Crippen LogP contribution is -2.31. The lowest BCUT2D eigenvalue weighted by molar-refractivity contribution is -0.122. The van der Waals surface area contributed by atoms with Crippen LogP contribution in [0.4, 0.5) is 5.69 Å². The molecule has 140 valence electrons. The summed E-state index contributed by atoms with van der Waals surface area (Å²) in [7, 11) is 0. The summed E-state index contributed by atoms with van der Waals surface area (Å²) in [5.41, 5.74) is 0.618. The normalized spacial score (nSPS) is 15.4. The summed E-state index contributed by atoms with van der Waals surface area (Å²) < 4.78 is 5.98. The molecule has 0 saturated carbocycles. The third kappa shape index (κ3) is 4.97. The monoisotopic (exact) mass is 418 g/mol. The summed E-state index contributed by atoms with van der Waals surface area (Å²) in [6.45, 7) is 2.65. The van der Waals surface area contributed by atoms with Crippen LogP contribution in [0.5, 0.6) is 5.75 Å². The predicted molar refractivity (Wildman–Crippen MR) is 115 cm³/mol. The van der Waals surface area contributed by atoms with Crippen LogP contribution in [0.3, 0.4) is 0 Å². The number of nitrogens with zero attached hydrogens (tertiary/aromatic N) is 1. The van der Waals surface area contributed by atoms with E-state index in [2.05, 4.69) is 5.32 Å². The van der Waals surface area contributed by atoms with E-state index >= 15 is 0 Å². The minimum atomic E-state index is -0.196. The standard InChI is InChI=1S/C19H18N2O3S3/c1-2-24-15-8-4-3-7-14(15)20-17(22)9-10-21-18(23)16(27-19(21)25)12-13-6-5-11-26-13/h3-8,11-12H,2,9-10H2,1H3,(H,20,22)/b16-12+. The Morgan fingerprint density at radius 2 is 2.11 bits per heavy atom. The van der Waals surface area contributed by atoms with E-state index < -0.39 is 0 Å².